The second-order valence-corrected chi connectivity index (χ2v) is 8.22. The van der Waals surface area contributed by atoms with Crippen molar-refractivity contribution in [1.29, 1.82) is 0 Å². The number of hydrogen-bond donors (Lipinski definition) is 1. The summed E-state index contributed by atoms with van der Waals surface area (Å²) < 4.78 is 1.20. The van der Waals surface area contributed by atoms with Crippen molar-refractivity contribution in [3.05, 3.63) is 34.3 Å². The molecule has 0 aromatic heterocycles. The molecule has 21 heavy (non-hydrogen) atoms. The van der Waals surface area contributed by atoms with E-state index in [1.807, 2.05) is 0 Å². The highest BCUT2D eigenvalue weighted by atomic mass is 79.9. The molecule has 114 valence electrons. The quantitative estimate of drug-likeness (QED) is 0.889. The van der Waals surface area contributed by atoms with Crippen molar-refractivity contribution in [3.8, 4) is 0 Å². The van der Waals surface area contributed by atoms with E-state index in [1.54, 1.807) is 0 Å². The Labute approximate surface area is 136 Å². The van der Waals surface area contributed by atoms with Crippen LogP contribution in [-0.2, 0) is 6.54 Å². The van der Waals surface area contributed by atoms with Gasteiger partial charge in [-0.25, -0.2) is 0 Å². The molecule has 2 saturated carbocycles. The molecular formula is C18H25BrN2. The second kappa shape index (κ2) is 5.68. The topological polar surface area (TPSA) is 15.3 Å². The SMILES string of the molecule is Brc1cccc(CN2CC3(CCCC3)NCC2C2CC2)c1. The molecule has 0 amide bonds. The van der Waals surface area contributed by atoms with Gasteiger partial charge in [-0.05, 0) is 49.3 Å². The van der Waals surface area contributed by atoms with E-state index < -0.39 is 0 Å². The van der Waals surface area contributed by atoms with Gasteiger partial charge < -0.3 is 5.32 Å². The largest absolute Gasteiger partial charge is 0.308 e. The molecule has 3 heteroatoms. The van der Waals surface area contributed by atoms with Crippen LogP contribution >= 0.6 is 15.9 Å². The molecule has 0 bridgehead atoms. The van der Waals surface area contributed by atoms with Crippen LogP contribution in [0.25, 0.3) is 0 Å². The van der Waals surface area contributed by atoms with Gasteiger partial charge in [0.1, 0.15) is 0 Å². The van der Waals surface area contributed by atoms with Crippen molar-refractivity contribution in [2.75, 3.05) is 13.1 Å². The standard InChI is InChI=1S/C18H25BrN2/c19-16-5-3-4-14(10-16)12-21-13-18(8-1-2-9-18)20-11-17(21)15-6-7-15/h3-5,10,15,17,20H,1-2,6-9,11-13H2. The Balaban J connectivity index is 1.53. The number of halogens is 1. The fourth-order valence-electron chi connectivity index (χ4n) is 4.39. The predicted molar refractivity (Wildman–Crippen MR) is 90.3 cm³/mol. The number of benzene rings is 1. The van der Waals surface area contributed by atoms with E-state index in [9.17, 15) is 0 Å². The zero-order valence-electron chi connectivity index (χ0n) is 12.7. The predicted octanol–water partition coefficient (Wildman–Crippen LogP) is 3.95. The van der Waals surface area contributed by atoms with Crippen molar-refractivity contribution in [2.24, 2.45) is 5.92 Å². The van der Waals surface area contributed by atoms with E-state index >= 15 is 0 Å². The minimum absolute atomic E-state index is 0.428. The minimum atomic E-state index is 0.428. The molecule has 3 aliphatic rings. The average molecular weight is 349 g/mol. The summed E-state index contributed by atoms with van der Waals surface area (Å²) in [6.45, 7) is 3.57. The van der Waals surface area contributed by atoms with Gasteiger partial charge in [0.2, 0.25) is 0 Å². The number of nitrogens with zero attached hydrogens (tertiary/aromatic N) is 1. The van der Waals surface area contributed by atoms with Gasteiger partial charge in [0.05, 0.1) is 0 Å². The normalized spacial score (nSPS) is 29.1. The fraction of sp³-hybridized carbons (Fsp3) is 0.667. The maximum absolute atomic E-state index is 3.94. The van der Waals surface area contributed by atoms with E-state index in [1.165, 1.54) is 61.7 Å². The molecule has 4 rings (SSSR count). The highest BCUT2D eigenvalue weighted by Crippen LogP contribution is 2.41. The van der Waals surface area contributed by atoms with Crippen LogP contribution in [0, 0.1) is 5.92 Å². The molecule has 1 aliphatic heterocycles. The minimum Gasteiger partial charge on any atom is -0.308 e. The fourth-order valence-corrected chi connectivity index (χ4v) is 4.83. The van der Waals surface area contributed by atoms with Gasteiger partial charge in [0, 0.05) is 35.7 Å². The van der Waals surface area contributed by atoms with Crippen molar-refractivity contribution in [2.45, 2.75) is 56.7 Å². The van der Waals surface area contributed by atoms with Crippen molar-refractivity contribution in [3.63, 3.8) is 0 Å². The molecule has 1 aromatic rings. The molecule has 1 saturated heterocycles. The van der Waals surface area contributed by atoms with Crippen LogP contribution in [0.1, 0.15) is 44.1 Å². The molecule has 1 unspecified atom stereocenters. The van der Waals surface area contributed by atoms with E-state index in [0.717, 1.165) is 18.5 Å². The summed E-state index contributed by atoms with van der Waals surface area (Å²) in [5.41, 5.74) is 1.88. The molecule has 3 fully saturated rings. The first kappa shape index (κ1) is 14.2. The summed E-state index contributed by atoms with van der Waals surface area (Å²) in [5, 5.41) is 3.94. The Hall–Kier alpha value is -0.380. The smallest absolute Gasteiger partial charge is 0.0309 e. The van der Waals surface area contributed by atoms with Crippen LogP contribution in [-0.4, -0.2) is 29.6 Å². The Bertz CT molecular complexity index is 506. The Morgan fingerprint density at radius 3 is 2.76 bits per heavy atom. The summed E-state index contributed by atoms with van der Waals surface area (Å²) in [4.78, 5) is 2.79. The summed E-state index contributed by atoms with van der Waals surface area (Å²) in [6, 6.07) is 9.61. The zero-order chi connectivity index (χ0) is 14.3. The van der Waals surface area contributed by atoms with Gasteiger partial charge in [-0.2, -0.15) is 0 Å². The van der Waals surface area contributed by atoms with Crippen molar-refractivity contribution >= 4 is 15.9 Å². The number of rotatable bonds is 3. The molecule has 1 aromatic carbocycles. The van der Waals surface area contributed by atoms with Crippen LogP contribution < -0.4 is 5.32 Å². The molecule has 0 radical (unpaired) electrons. The van der Waals surface area contributed by atoms with Crippen LogP contribution in [0.5, 0.6) is 0 Å². The van der Waals surface area contributed by atoms with E-state index in [-0.39, 0.29) is 0 Å². The van der Waals surface area contributed by atoms with Gasteiger partial charge in [-0.1, -0.05) is 40.9 Å². The summed E-state index contributed by atoms with van der Waals surface area (Å²) in [6.07, 6.45) is 8.44. The maximum atomic E-state index is 3.94. The van der Waals surface area contributed by atoms with E-state index in [0.29, 0.717) is 5.54 Å². The van der Waals surface area contributed by atoms with Gasteiger partial charge in [0.15, 0.2) is 0 Å². The first-order valence-corrected chi connectivity index (χ1v) is 9.27. The van der Waals surface area contributed by atoms with Gasteiger partial charge >= 0.3 is 0 Å². The monoisotopic (exact) mass is 348 g/mol. The van der Waals surface area contributed by atoms with E-state index in [4.69, 9.17) is 0 Å². The average Bonchev–Trinajstić information content (AvgIpc) is 3.21. The van der Waals surface area contributed by atoms with Gasteiger partial charge in [-0.3, -0.25) is 4.90 Å². The van der Waals surface area contributed by atoms with Crippen molar-refractivity contribution < 1.29 is 0 Å². The number of nitrogens with one attached hydrogen (secondary N) is 1. The summed E-state index contributed by atoms with van der Waals surface area (Å²) >= 11 is 3.61. The molecule has 1 N–H and O–H groups in total. The third kappa shape index (κ3) is 3.06. The lowest BCUT2D eigenvalue weighted by Crippen LogP contribution is -2.63. The lowest BCUT2D eigenvalue weighted by Gasteiger charge is -2.47. The number of hydrogen-bond acceptors (Lipinski definition) is 2. The second-order valence-electron chi connectivity index (χ2n) is 7.31. The molecule has 2 aliphatic carbocycles. The third-order valence-electron chi connectivity index (χ3n) is 5.66. The maximum Gasteiger partial charge on any atom is 0.0309 e. The van der Waals surface area contributed by atoms with Crippen LogP contribution in [0.15, 0.2) is 28.7 Å². The zero-order valence-corrected chi connectivity index (χ0v) is 14.2. The highest BCUT2D eigenvalue weighted by molar-refractivity contribution is 9.10. The number of piperazine rings is 1. The molecule has 2 nitrogen and oxygen atoms in total. The molecular weight excluding hydrogens is 324 g/mol. The van der Waals surface area contributed by atoms with Crippen LogP contribution in [0.3, 0.4) is 0 Å². The lowest BCUT2D eigenvalue weighted by atomic mass is 9.90. The Kier molecular flexibility index (Phi) is 3.85. The van der Waals surface area contributed by atoms with Crippen LogP contribution in [0.2, 0.25) is 0 Å². The summed E-state index contributed by atoms with van der Waals surface area (Å²) in [7, 11) is 0. The first-order chi connectivity index (χ1) is 10.2. The Morgan fingerprint density at radius 2 is 2.05 bits per heavy atom. The highest BCUT2D eigenvalue weighted by Gasteiger charge is 2.45. The lowest BCUT2D eigenvalue weighted by molar-refractivity contribution is 0.0627. The van der Waals surface area contributed by atoms with Gasteiger partial charge in [0.25, 0.3) is 0 Å². The summed E-state index contributed by atoms with van der Waals surface area (Å²) in [5.74, 6) is 0.948. The third-order valence-corrected chi connectivity index (χ3v) is 6.16. The van der Waals surface area contributed by atoms with Crippen LogP contribution in [0.4, 0.5) is 0 Å². The van der Waals surface area contributed by atoms with Gasteiger partial charge in [-0.15, -0.1) is 0 Å². The van der Waals surface area contributed by atoms with Crippen molar-refractivity contribution in [1.82, 2.24) is 10.2 Å². The molecule has 1 spiro atoms. The Morgan fingerprint density at radius 1 is 1.24 bits per heavy atom. The first-order valence-electron chi connectivity index (χ1n) is 8.48. The van der Waals surface area contributed by atoms with E-state index in [2.05, 4.69) is 50.4 Å². The molecule has 1 atom stereocenters. The molecule has 1 heterocycles.